The van der Waals surface area contributed by atoms with Crippen LogP contribution in [0.2, 0.25) is 0 Å². The van der Waals surface area contributed by atoms with Crippen LogP contribution in [0.1, 0.15) is 28.8 Å². The van der Waals surface area contributed by atoms with Gasteiger partial charge in [-0.15, -0.1) is 0 Å². The number of rotatable bonds is 7. The van der Waals surface area contributed by atoms with Crippen LogP contribution >= 0.6 is 0 Å². The number of carbonyl (C=O) groups excluding carboxylic acids is 1. The number of ether oxygens (including phenoxy) is 2. The highest BCUT2D eigenvalue weighted by molar-refractivity contribution is 7.89. The van der Waals surface area contributed by atoms with E-state index in [0.717, 1.165) is 18.4 Å². The number of amides is 1. The summed E-state index contributed by atoms with van der Waals surface area (Å²) in [6.07, 6.45) is 1.67. The molecule has 1 aliphatic rings. The van der Waals surface area contributed by atoms with Crippen molar-refractivity contribution in [3.8, 4) is 5.75 Å². The lowest BCUT2D eigenvalue weighted by atomic mass is 10.1. The molecule has 2 aromatic rings. The number of hydrogen-bond acceptors (Lipinski definition) is 5. The Balaban J connectivity index is 1.78. The number of benzene rings is 2. The minimum Gasteiger partial charge on any atom is -0.495 e. The maximum atomic E-state index is 12.6. The van der Waals surface area contributed by atoms with Gasteiger partial charge < -0.3 is 14.8 Å². The van der Waals surface area contributed by atoms with E-state index in [1.54, 1.807) is 12.1 Å². The SMILES string of the molecule is COc1ccc(S(=O)(=O)NC[C@H]2CCCO2)cc1NC(=O)c1ccc(C)cc1. The Labute approximate surface area is 165 Å². The van der Waals surface area contributed by atoms with Crippen molar-refractivity contribution in [1.82, 2.24) is 4.72 Å². The molecule has 0 radical (unpaired) electrons. The highest BCUT2D eigenvalue weighted by Crippen LogP contribution is 2.28. The lowest BCUT2D eigenvalue weighted by Crippen LogP contribution is -2.31. The number of hydrogen-bond donors (Lipinski definition) is 2. The van der Waals surface area contributed by atoms with Crippen molar-refractivity contribution in [2.24, 2.45) is 0 Å². The third kappa shape index (κ3) is 4.89. The zero-order valence-corrected chi connectivity index (χ0v) is 16.7. The first-order valence-corrected chi connectivity index (χ1v) is 10.5. The second kappa shape index (κ2) is 8.72. The molecule has 1 atom stereocenters. The van der Waals surface area contributed by atoms with Gasteiger partial charge in [0.1, 0.15) is 5.75 Å². The number of carbonyl (C=O) groups is 1. The van der Waals surface area contributed by atoms with Crippen LogP contribution in [0.3, 0.4) is 0 Å². The summed E-state index contributed by atoms with van der Waals surface area (Å²) in [5.74, 6) is 0.0266. The zero-order valence-electron chi connectivity index (χ0n) is 15.9. The molecule has 8 heteroatoms. The van der Waals surface area contributed by atoms with E-state index in [4.69, 9.17) is 9.47 Å². The van der Waals surface area contributed by atoms with Crippen LogP contribution in [0.15, 0.2) is 47.4 Å². The third-order valence-corrected chi connectivity index (χ3v) is 5.99. The second-order valence-electron chi connectivity index (χ2n) is 6.67. The van der Waals surface area contributed by atoms with Crippen molar-refractivity contribution in [2.45, 2.75) is 30.8 Å². The van der Waals surface area contributed by atoms with Crippen LogP contribution in [-0.4, -0.2) is 40.7 Å². The molecule has 1 fully saturated rings. The Morgan fingerprint density at radius 2 is 1.96 bits per heavy atom. The first-order valence-electron chi connectivity index (χ1n) is 9.06. The monoisotopic (exact) mass is 404 g/mol. The molecule has 3 rings (SSSR count). The van der Waals surface area contributed by atoms with E-state index >= 15 is 0 Å². The van der Waals surface area contributed by atoms with Crippen molar-refractivity contribution < 1.29 is 22.7 Å². The van der Waals surface area contributed by atoms with Crippen LogP contribution in [0.5, 0.6) is 5.75 Å². The molecule has 2 N–H and O–H groups in total. The molecule has 0 bridgehead atoms. The van der Waals surface area contributed by atoms with Gasteiger partial charge >= 0.3 is 0 Å². The first kappa shape index (κ1) is 20.3. The maximum absolute atomic E-state index is 12.6. The average Bonchev–Trinajstić information content (AvgIpc) is 3.20. The van der Waals surface area contributed by atoms with Gasteiger partial charge in [0, 0.05) is 18.7 Å². The van der Waals surface area contributed by atoms with E-state index in [-0.39, 0.29) is 29.1 Å². The van der Waals surface area contributed by atoms with Crippen molar-refractivity contribution >= 4 is 21.6 Å². The van der Waals surface area contributed by atoms with Crippen molar-refractivity contribution in [2.75, 3.05) is 25.6 Å². The van der Waals surface area contributed by atoms with Gasteiger partial charge in [-0.2, -0.15) is 0 Å². The average molecular weight is 404 g/mol. The molecule has 0 aromatic heterocycles. The van der Waals surface area contributed by atoms with Crippen LogP contribution in [0.25, 0.3) is 0 Å². The zero-order chi connectivity index (χ0) is 20.1. The summed E-state index contributed by atoms with van der Waals surface area (Å²) in [4.78, 5) is 12.6. The fraction of sp³-hybridized carbons (Fsp3) is 0.350. The summed E-state index contributed by atoms with van der Waals surface area (Å²) in [6, 6.07) is 11.4. The van der Waals surface area contributed by atoms with Crippen molar-refractivity contribution in [3.63, 3.8) is 0 Å². The van der Waals surface area contributed by atoms with Gasteiger partial charge in [-0.05, 0) is 50.1 Å². The van der Waals surface area contributed by atoms with Gasteiger partial charge in [-0.25, -0.2) is 13.1 Å². The molecule has 0 unspecified atom stereocenters. The fourth-order valence-corrected chi connectivity index (χ4v) is 4.03. The molecule has 28 heavy (non-hydrogen) atoms. The van der Waals surface area contributed by atoms with E-state index in [1.807, 2.05) is 19.1 Å². The first-order chi connectivity index (χ1) is 13.4. The third-order valence-electron chi connectivity index (χ3n) is 4.57. The summed E-state index contributed by atoms with van der Waals surface area (Å²) >= 11 is 0. The van der Waals surface area contributed by atoms with Crippen molar-refractivity contribution in [3.05, 3.63) is 53.6 Å². The van der Waals surface area contributed by atoms with Crippen LogP contribution in [0.4, 0.5) is 5.69 Å². The minimum absolute atomic E-state index is 0.0468. The minimum atomic E-state index is -3.74. The van der Waals surface area contributed by atoms with E-state index < -0.39 is 10.0 Å². The molecule has 7 nitrogen and oxygen atoms in total. The lowest BCUT2D eigenvalue weighted by Gasteiger charge is -2.14. The molecule has 1 amide bonds. The number of nitrogens with one attached hydrogen (secondary N) is 2. The Bertz CT molecular complexity index is 936. The number of aryl methyl sites for hydroxylation is 1. The van der Waals surface area contributed by atoms with Gasteiger partial charge in [0.2, 0.25) is 10.0 Å². The predicted molar refractivity (Wildman–Crippen MR) is 106 cm³/mol. The highest BCUT2D eigenvalue weighted by atomic mass is 32.2. The molecule has 0 saturated carbocycles. The van der Waals surface area contributed by atoms with Gasteiger partial charge in [-0.1, -0.05) is 17.7 Å². The second-order valence-corrected chi connectivity index (χ2v) is 8.44. The van der Waals surface area contributed by atoms with Gasteiger partial charge in [0.05, 0.1) is 23.8 Å². The molecular formula is C20H24N2O5S. The molecule has 1 heterocycles. The Kier molecular flexibility index (Phi) is 6.33. The summed E-state index contributed by atoms with van der Waals surface area (Å²) < 4.78 is 38.5. The molecule has 2 aromatic carbocycles. The predicted octanol–water partition coefficient (Wildman–Crippen LogP) is 2.71. The van der Waals surface area contributed by atoms with Gasteiger partial charge in [-0.3, -0.25) is 4.79 Å². The summed E-state index contributed by atoms with van der Waals surface area (Å²) in [7, 11) is -2.28. The Morgan fingerprint density at radius 3 is 2.61 bits per heavy atom. The summed E-state index contributed by atoms with van der Waals surface area (Å²) in [5, 5.41) is 2.73. The van der Waals surface area contributed by atoms with Gasteiger partial charge in [0.25, 0.3) is 5.91 Å². The largest absolute Gasteiger partial charge is 0.495 e. The molecule has 1 aliphatic heterocycles. The Morgan fingerprint density at radius 1 is 1.21 bits per heavy atom. The molecule has 150 valence electrons. The number of methoxy groups -OCH3 is 1. The van der Waals surface area contributed by atoms with E-state index in [9.17, 15) is 13.2 Å². The van der Waals surface area contributed by atoms with Crippen LogP contribution in [-0.2, 0) is 14.8 Å². The quantitative estimate of drug-likeness (QED) is 0.740. The lowest BCUT2D eigenvalue weighted by molar-refractivity contribution is 0.102. The molecule has 0 spiro atoms. The fourth-order valence-electron chi connectivity index (χ4n) is 2.94. The normalized spacial score (nSPS) is 16.7. The van der Waals surface area contributed by atoms with Gasteiger partial charge in [0.15, 0.2) is 0 Å². The van der Waals surface area contributed by atoms with E-state index in [0.29, 0.717) is 17.9 Å². The smallest absolute Gasteiger partial charge is 0.255 e. The number of sulfonamides is 1. The Hall–Kier alpha value is -2.42. The highest BCUT2D eigenvalue weighted by Gasteiger charge is 2.22. The van der Waals surface area contributed by atoms with E-state index in [2.05, 4.69) is 10.0 Å². The van der Waals surface area contributed by atoms with Crippen LogP contribution < -0.4 is 14.8 Å². The maximum Gasteiger partial charge on any atom is 0.255 e. The number of anilines is 1. The standard InChI is InChI=1S/C20H24N2O5S/c1-14-5-7-15(8-6-14)20(23)22-18-12-17(9-10-19(18)26-2)28(24,25)21-13-16-4-3-11-27-16/h5-10,12,16,21H,3-4,11,13H2,1-2H3,(H,22,23)/t16-/m1/s1. The molecular weight excluding hydrogens is 380 g/mol. The summed E-state index contributed by atoms with van der Waals surface area (Å²) in [6.45, 7) is 2.81. The molecule has 1 saturated heterocycles. The van der Waals surface area contributed by atoms with Crippen LogP contribution in [0, 0.1) is 6.92 Å². The molecule has 0 aliphatic carbocycles. The van der Waals surface area contributed by atoms with Crippen molar-refractivity contribution in [1.29, 1.82) is 0 Å². The summed E-state index contributed by atoms with van der Waals surface area (Å²) in [5.41, 5.74) is 1.80. The topological polar surface area (TPSA) is 93.7 Å². The van der Waals surface area contributed by atoms with E-state index in [1.165, 1.54) is 25.3 Å².